The van der Waals surface area contributed by atoms with E-state index in [4.69, 9.17) is 9.15 Å². The molecule has 0 bridgehead atoms. The summed E-state index contributed by atoms with van der Waals surface area (Å²) in [6.45, 7) is 1.96. The number of aliphatic carboxylic acids is 1. The highest BCUT2D eigenvalue weighted by atomic mass is 32.1. The number of carboxylic acid groups (broad SMARTS) is 1. The average Bonchev–Trinajstić information content (AvgIpc) is 3.65. The second-order valence-corrected chi connectivity index (χ2v) is 10.1. The van der Waals surface area contributed by atoms with Crippen LogP contribution in [0.15, 0.2) is 88.9 Å². The van der Waals surface area contributed by atoms with E-state index in [9.17, 15) is 20.0 Å². The van der Waals surface area contributed by atoms with Crippen molar-refractivity contribution in [2.75, 3.05) is 11.5 Å². The van der Waals surface area contributed by atoms with E-state index in [1.807, 2.05) is 77.7 Å². The summed E-state index contributed by atoms with van der Waals surface area (Å²) in [5, 5.41) is 19.4. The highest BCUT2D eigenvalue weighted by Crippen LogP contribution is 2.46. The molecule has 38 heavy (non-hydrogen) atoms. The van der Waals surface area contributed by atoms with Gasteiger partial charge < -0.3 is 14.3 Å². The molecule has 5 aromatic rings. The molecular weight excluding hydrogens is 520 g/mol. The molecule has 0 aliphatic carbocycles. The van der Waals surface area contributed by atoms with Gasteiger partial charge >= 0.3 is 11.9 Å². The van der Waals surface area contributed by atoms with Crippen LogP contribution in [0.2, 0.25) is 0 Å². The minimum atomic E-state index is -1.32. The first-order valence-electron chi connectivity index (χ1n) is 11.6. The number of para-hydroxylation sites is 2. The smallest absolute Gasteiger partial charge is 0.348 e. The van der Waals surface area contributed by atoms with Gasteiger partial charge in [-0.1, -0.05) is 36.4 Å². The summed E-state index contributed by atoms with van der Waals surface area (Å²) in [5.41, 5.74) is 1.44. The number of carbonyl (C=O) groups excluding carboxylic acids is 1. The minimum absolute atomic E-state index is 0.233. The maximum Gasteiger partial charge on any atom is 0.348 e. The maximum atomic E-state index is 12.5. The quantitative estimate of drug-likeness (QED) is 0.121. The number of esters is 1. The van der Waals surface area contributed by atoms with E-state index in [0.717, 1.165) is 16.8 Å². The minimum Gasteiger partial charge on any atom is -0.477 e. The molecule has 0 fully saturated rings. The zero-order valence-electron chi connectivity index (χ0n) is 20.1. The summed E-state index contributed by atoms with van der Waals surface area (Å²) in [4.78, 5) is 27.6. The fraction of sp³-hybridized carbons (Fsp3) is 0.0690. The van der Waals surface area contributed by atoms with E-state index in [1.54, 1.807) is 19.1 Å². The molecule has 7 nitrogen and oxygen atoms in total. The lowest BCUT2D eigenvalue weighted by atomic mass is 10.2. The molecule has 9 heteroatoms. The molecule has 0 atom stereocenters. The van der Waals surface area contributed by atoms with E-state index in [0.29, 0.717) is 31.0 Å². The second kappa shape index (κ2) is 10.8. The molecule has 0 spiro atoms. The number of carboxylic acids is 1. The van der Waals surface area contributed by atoms with Gasteiger partial charge in [0.15, 0.2) is 0 Å². The Morgan fingerprint density at radius 1 is 1.03 bits per heavy atom. The Kier molecular flexibility index (Phi) is 7.09. The number of anilines is 3. The Bertz CT molecular complexity index is 1650. The van der Waals surface area contributed by atoms with E-state index in [2.05, 4.69) is 0 Å². The molecule has 0 saturated carbocycles. The van der Waals surface area contributed by atoms with Crippen LogP contribution in [-0.2, 0) is 9.53 Å². The van der Waals surface area contributed by atoms with Crippen LogP contribution in [0.25, 0.3) is 26.8 Å². The van der Waals surface area contributed by atoms with Crippen LogP contribution in [0.5, 0.6) is 0 Å². The average molecular weight is 541 g/mol. The predicted octanol–water partition coefficient (Wildman–Crippen LogP) is 7.86. The fourth-order valence-corrected chi connectivity index (χ4v) is 6.30. The van der Waals surface area contributed by atoms with Gasteiger partial charge in [-0.2, -0.15) is 5.26 Å². The third kappa shape index (κ3) is 4.83. The number of hydrogen-bond donors (Lipinski definition) is 1. The van der Waals surface area contributed by atoms with Gasteiger partial charge in [-0.05, 0) is 49.4 Å². The summed E-state index contributed by atoms with van der Waals surface area (Å²) >= 11 is 2.49. The van der Waals surface area contributed by atoms with Gasteiger partial charge in [-0.3, -0.25) is 4.90 Å². The number of carbonyl (C=O) groups is 2. The van der Waals surface area contributed by atoms with Gasteiger partial charge in [-0.15, -0.1) is 22.7 Å². The largest absolute Gasteiger partial charge is 0.477 e. The Balaban J connectivity index is 1.65. The molecule has 2 aromatic carbocycles. The number of thiophene rings is 2. The Morgan fingerprint density at radius 2 is 1.68 bits per heavy atom. The third-order valence-electron chi connectivity index (χ3n) is 5.58. The maximum absolute atomic E-state index is 12.5. The summed E-state index contributed by atoms with van der Waals surface area (Å²) < 4.78 is 12.2. The molecule has 1 N–H and O–H groups in total. The van der Waals surface area contributed by atoms with Crippen LogP contribution in [0.1, 0.15) is 21.5 Å². The number of nitrogens with zero attached hydrogens (tertiary/aromatic N) is 2. The highest BCUT2D eigenvalue weighted by Gasteiger charge is 2.23. The Hall–Kier alpha value is -4.65. The first-order valence-corrected chi connectivity index (χ1v) is 13.2. The van der Waals surface area contributed by atoms with Gasteiger partial charge in [0.05, 0.1) is 16.2 Å². The zero-order valence-corrected chi connectivity index (χ0v) is 21.7. The molecule has 5 rings (SSSR count). The molecule has 0 unspecified atom stereocenters. The lowest BCUT2D eigenvalue weighted by Crippen LogP contribution is -2.08. The molecule has 188 valence electrons. The number of benzene rings is 2. The first-order chi connectivity index (χ1) is 18.5. The van der Waals surface area contributed by atoms with Crippen molar-refractivity contribution >= 4 is 68.0 Å². The van der Waals surface area contributed by atoms with Crippen molar-refractivity contribution in [3.63, 3.8) is 0 Å². The van der Waals surface area contributed by atoms with E-state index in [1.165, 1.54) is 28.7 Å². The van der Waals surface area contributed by atoms with Crippen molar-refractivity contribution in [3.8, 4) is 16.7 Å². The molecule has 3 heterocycles. The van der Waals surface area contributed by atoms with E-state index in [-0.39, 0.29) is 6.61 Å². The number of nitriles is 1. The Morgan fingerprint density at radius 3 is 2.26 bits per heavy atom. The molecular formula is C29H20N2O5S2. The van der Waals surface area contributed by atoms with Crippen molar-refractivity contribution in [1.82, 2.24) is 0 Å². The number of rotatable bonds is 8. The van der Waals surface area contributed by atoms with Gasteiger partial charge in [-0.25, -0.2) is 9.59 Å². The predicted molar refractivity (Wildman–Crippen MR) is 149 cm³/mol. The van der Waals surface area contributed by atoms with Crippen LogP contribution in [-0.4, -0.2) is 23.7 Å². The number of ether oxygens (including phenoxy) is 1. The fourth-order valence-electron chi connectivity index (χ4n) is 3.94. The van der Waals surface area contributed by atoms with Crippen LogP contribution in [0, 0.1) is 11.3 Å². The van der Waals surface area contributed by atoms with E-state index >= 15 is 0 Å². The van der Waals surface area contributed by atoms with Gasteiger partial charge in [0.1, 0.15) is 22.3 Å². The van der Waals surface area contributed by atoms with Gasteiger partial charge in [0, 0.05) is 27.7 Å². The summed E-state index contributed by atoms with van der Waals surface area (Å²) in [5.74, 6) is -0.647. The van der Waals surface area contributed by atoms with Crippen LogP contribution in [0.4, 0.5) is 17.3 Å². The molecule has 0 radical (unpaired) electrons. The lowest BCUT2D eigenvalue weighted by Gasteiger charge is -2.22. The van der Waals surface area contributed by atoms with Gasteiger partial charge in [0.2, 0.25) is 5.88 Å². The van der Waals surface area contributed by atoms with Crippen LogP contribution >= 0.6 is 22.7 Å². The number of fused-ring (bicyclic) bond motifs is 1. The standard InChI is InChI=1S/C29H20N2O5S2/c1-2-35-29(34)24-16-21-26(37-23(27(21)38-24)15-18(17-30)28(32)33)22-13-14-25(36-22)31(19-9-5-3-6-10-19)20-11-7-4-8-12-20/h3-16H,2H2,1H3,(H,32,33)/b18-15-. The van der Waals surface area contributed by atoms with Crippen molar-refractivity contribution in [1.29, 1.82) is 5.26 Å². The molecule has 3 aromatic heterocycles. The van der Waals surface area contributed by atoms with E-state index < -0.39 is 17.5 Å². The molecule has 0 saturated heterocycles. The van der Waals surface area contributed by atoms with Gasteiger partial charge in [0.25, 0.3) is 0 Å². The third-order valence-corrected chi connectivity index (χ3v) is 8.02. The van der Waals surface area contributed by atoms with Crippen molar-refractivity contribution < 1.29 is 23.8 Å². The van der Waals surface area contributed by atoms with Crippen molar-refractivity contribution in [3.05, 3.63) is 94.2 Å². The van der Waals surface area contributed by atoms with Crippen molar-refractivity contribution in [2.24, 2.45) is 0 Å². The first kappa shape index (κ1) is 25.0. The monoisotopic (exact) mass is 540 g/mol. The van der Waals surface area contributed by atoms with Crippen molar-refractivity contribution in [2.45, 2.75) is 6.92 Å². The highest BCUT2D eigenvalue weighted by molar-refractivity contribution is 7.27. The molecule has 0 aliphatic rings. The number of furan rings is 1. The summed E-state index contributed by atoms with van der Waals surface area (Å²) in [6, 6.07) is 26.8. The lowest BCUT2D eigenvalue weighted by molar-refractivity contribution is -0.132. The van der Waals surface area contributed by atoms with Crippen LogP contribution < -0.4 is 4.90 Å². The molecule has 0 aliphatic heterocycles. The zero-order chi connectivity index (χ0) is 26.6. The van der Waals surface area contributed by atoms with Crippen LogP contribution in [0.3, 0.4) is 0 Å². The Labute approximate surface area is 226 Å². The normalized spacial score (nSPS) is 11.3. The SMILES string of the molecule is CCOC(=O)c1cc2c(-c3ccc(N(c4ccccc4)c4ccccc4)o3)sc(/C=C(/C#N)C(=O)O)c2s1. The summed E-state index contributed by atoms with van der Waals surface area (Å²) in [6.07, 6.45) is 1.33. The molecule has 0 amide bonds. The number of hydrogen-bond acceptors (Lipinski definition) is 8. The second-order valence-electron chi connectivity index (χ2n) is 7.99. The topological polar surface area (TPSA) is 104 Å². The summed E-state index contributed by atoms with van der Waals surface area (Å²) in [7, 11) is 0.